The van der Waals surface area contributed by atoms with Gasteiger partial charge in [-0.1, -0.05) is 57.4 Å². The van der Waals surface area contributed by atoms with Gasteiger partial charge in [0.05, 0.1) is 6.10 Å². The molecule has 0 radical (unpaired) electrons. The summed E-state index contributed by atoms with van der Waals surface area (Å²) < 4.78 is 1.03. The van der Waals surface area contributed by atoms with Crippen LogP contribution in [0.5, 0.6) is 0 Å². The van der Waals surface area contributed by atoms with Crippen molar-refractivity contribution in [1.82, 2.24) is 4.90 Å². The first kappa shape index (κ1) is 21.9. The summed E-state index contributed by atoms with van der Waals surface area (Å²) >= 11 is 3.42. The number of aliphatic hydroxyl groups is 1. The fraction of sp³-hybridized carbons (Fsp3) is 0.455. The number of allylic oxidation sites excluding steroid dienone is 3. The summed E-state index contributed by atoms with van der Waals surface area (Å²) in [7, 11) is 2.13. The molecule has 1 aromatic carbocycles. The van der Waals surface area contributed by atoms with Gasteiger partial charge >= 0.3 is 0 Å². The van der Waals surface area contributed by atoms with E-state index in [9.17, 15) is 5.11 Å². The molecule has 1 N–H and O–H groups in total. The smallest absolute Gasteiger partial charge is 0.0974 e. The normalized spacial score (nSPS) is 14.0. The van der Waals surface area contributed by atoms with Crippen LogP contribution in [0.1, 0.15) is 51.2 Å². The van der Waals surface area contributed by atoms with Crippen molar-refractivity contribution in [1.29, 1.82) is 0 Å². The molecule has 0 aromatic heterocycles. The number of likely N-dealkylation sites (N-methyl/N-ethyl adjacent to an activating group) is 1. The van der Waals surface area contributed by atoms with Crippen LogP contribution in [-0.4, -0.2) is 30.1 Å². The SMILES string of the molecule is C=CCN(C)CCC/C(C)=C/CC/C(C)=C/[C@H](O)c1ccc(Br)cc1. The molecular weight excluding hydrogens is 374 g/mol. The molecular formula is C22H32BrNO. The van der Waals surface area contributed by atoms with Crippen molar-refractivity contribution in [3.63, 3.8) is 0 Å². The minimum Gasteiger partial charge on any atom is -0.384 e. The first-order valence-electron chi connectivity index (χ1n) is 8.98. The predicted molar refractivity (Wildman–Crippen MR) is 113 cm³/mol. The number of nitrogens with zero attached hydrogens (tertiary/aromatic N) is 1. The average molecular weight is 406 g/mol. The maximum atomic E-state index is 10.3. The van der Waals surface area contributed by atoms with Crippen LogP contribution in [0.4, 0.5) is 0 Å². The van der Waals surface area contributed by atoms with Gasteiger partial charge in [-0.2, -0.15) is 0 Å². The Kier molecular flexibility index (Phi) is 10.7. The van der Waals surface area contributed by atoms with Crippen LogP contribution in [0, 0.1) is 0 Å². The molecule has 0 spiro atoms. The number of aliphatic hydroxyl groups excluding tert-OH is 1. The summed E-state index contributed by atoms with van der Waals surface area (Å²) in [5.74, 6) is 0. The number of rotatable bonds is 11. The zero-order valence-corrected chi connectivity index (χ0v) is 17.4. The second kappa shape index (κ2) is 12.2. The van der Waals surface area contributed by atoms with E-state index in [2.05, 4.69) is 54.4 Å². The quantitative estimate of drug-likeness (QED) is 0.452. The van der Waals surface area contributed by atoms with Crippen LogP contribution in [0.3, 0.4) is 0 Å². The third kappa shape index (κ3) is 9.78. The van der Waals surface area contributed by atoms with E-state index >= 15 is 0 Å². The van der Waals surface area contributed by atoms with E-state index in [0.717, 1.165) is 42.4 Å². The molecule has 0 heterocycles. The van der Waals surface area contributed by atoms with Crippen LogP contribution < -0.4 is 0 Å². The maximum absolute atomic E-state index is 10.3. The Hall–Kier alpha value is -1.16. The Morgan fingerprint density at radius 2 is 1.88 bits per heavy atom. The van der Waals surface area contributed by atoms with Crippen molar-refractivity contribution < 1.29 is 5.11 Å². The molecule has 0 unspecified atom stereocenters. The van der Waals surface area contributed by atoms with Crippen molar-refractivity contribution in [2.45, 2.75) is 45.6 Å². The molecule has 0 bridgehead atoms. The van der Waals surface area contributed by atoms with Gasteiger partial charge in [0.25, 0.3) is 0 Å². The Labute approximate surface area is 162 Å². The largest absolute Gasteiger partial charge is 0.384 e. The fourth-order valence-electron chi connectivity index (χ4n) is 2.70. The van der Waals surface area contributed by atoms with Gasteiger partial charge in [-0.3, -0.25) is 0 Å². The maximum Gasteiger partial charge on any atom is 0.0974 e. The second-order valence-electron chi connectivity index (χ2n) is 6.75. The van der Waals surface area contributed by atoms with Gasteiger partial charge < -0.3 is 10.0 Å². The van der Waals surface area contributed by atoms with E-state index in [1.54, 1.807) is 0 Å². The minimum atomic E-state index is -0.529. The Morgan fingerprint density at radius 3 is 2.52 bits per heavy atom. The van der Waals surface area contributed by atoms with Crippen LogP contribution in [0.15, 0.2) is 64.7 Å². The lowest BCUT2D eigenvalue weighted by Gasteiger charge is -2.13. The Morgan fingerprint density at radius 1 is 1.20 bits per heavy atom. The second-order valence-corrected chi connectivity index (χ2v) is 7.67. The highest BCUT2D eigenvalue weighted by Gasteiger charge is 2.04. The molecule has 0 aliphatic carbocycles. The highest BCUT2D eigenvalue weighted by atomic mass is 79.9. The van der Waals surface area contributed by atoms with Gasteiger partial charge in [-0.05, 0) is 70.8 Å². The predicted octanol–water partition coefficient (Wildman–Crippen LogP) is 6.05. The summed E-state index contributed by atoms with van der Waals surface area (Å²) in [6.07, 6.45) is 10.0. The van der Waals surface area contributed by atoms with Gasteiger partial charge in [0.15, 0.2) is 0 Å². The highest BCUT2D eigenvalue weighted by molar-refractivity contribution is 9.10. The van der Waals surface area contributed by atoms with Crippen LogP contribution in [-0.2, 0) is 0 Å². The average Bonchev–Trinajstić information content (AvgIpc) is 2.55. The van der Waals surface area contributed by atoms with Crippen molar-refractivity contribution in [3.8, 4) is 0 Å². The van der Waals surface area contributed by atoms with Crippen LogP contribution >= 0.6 is 15.9 Å². The van der Waals surface area contributed by atoms with Crippen LogP contribution in [0.2, 0.25) is 0 Å². The number of benzene rings is 1. The first-order chi connectivity index (χ1) is 11.9. The van der Waals surface area contributed by atoms with Gasteiger partial charge in [0.1, 0.15) is 0 Å². The zero-order valence-electron chi connectivity index (χ0n) is 15.8. The summed E-state index contributed by atoms with van der Waals surface area (Å²) in [4.78, 5) is 2.29. The third-order valence-electron chi connectivity index (χ3n) is 4.24. The van der Waals surface area contributed by atoms with Crippen molar-refractivity contribution in [2.75, 3.05) is 20.1 Å². The van der Waals surface area contributed by atoms with Gasteiger partial charge in [-0.25, -0.2) is 0 Å². The molecule has 0 amide bonds. The summed E-state index contributed by atoms with van der Waals surface area (Å²) in [5.41, 5.74) is 3.61. The van der Waals surface area contributed by atoms with Gasteiger partial charge in [0, 0.05) is 11.0 Å². The molecule has 0 saturated heterocycles. The molecule has 1 aromatic rings. The van der Waals surface area contributed by atoms with E-state index in [1.165, 1.54) is 17.6 Å². The molecule has 25 heavy (non-hydrogen) atoms. The molecule has 0 saturated carbocycles. The van der Waals surface area contributed by atoms with E-state index in [0.29, 0.717) is 0 Å². The highest BCUT2D eigenvalue weighted by Crippen LogP contribution is 2.20. The van der Waals surface area contributed by atoms with Gasteiger partial charge in [-0.15, -0.1) is 6.58 Å². The van der Waals surface area contributed by atoms with Crippen molar-refractivity contribution in [3.05, 3.63) is 70.3 Å². The van der Waals surface area contributed by atoms with E-state index in [1.807, 2.05) is 36.4 Å². The monoisotopic (exact) mass is 405 g/mol. The minimum absolute atomic E-state index is 0.529. The topological polar surface area (TPSA) is 23.5 Å². The van der Waals surface area contributed by atoms with Crippen molar-refractivity contribution >= 4 is 15.9 Å². The number of hydrogen-bond donors (Lipinski definition) is 1. The zero-order chi connectivity index (χ0) is 18.7. The third-order valence-corrected chi connectivity index (χ3v) is 4.77. The number of hydrogen-bond acceptors (Lipinski definition) is 2. The fourth-order valence-corrected chi connectivity index (χ4v) is 2.96. The lowest BCUT2D eigenvalue weighted by molar-refractivity contribution is 0.227. The van der Waals surface area contributed by atoms with E-state index < -0.39 is 6.10 Å². The molecule has 3 heteroatoms. The molecule has 0 fully saturated rings. The Balaban J connectivity index is 2.35. The first-order valence-corrected chi connectivity index (χ1v) is 9.77. The summed E-state index contributed by atoms with van der Waals surface area (Å²) in [6, 6.07) is 7.82. The Bertz CT molecular complexity index is 574. The van der Waals surface area contributed by atoms with Gasteiger partial charge in [0.2, 0.25) is 0 Å². The van der Waals surface area contributed by atoms with Crippen molar-refractivity contribution in [2.24, 2.45) is 0 Å². The molecule has 0 aliphatic heterocycles. The number of halogens is 1. The standard InChI is InChI=1S/C22H32BrNO/c1-5-15-24(4)16-7-10-18(2)8-6-9-19(3)17-22(25)20-11-13-21(23)14-12-20/h5,8,11-14,17,22,25H,1,6-7,9-10,15-16H2,2-4H3/b18-8+,19-17+/t22-/m0/s1. The summed E-state index contributed by atoms with van der Waals surface area (Å²) in [5, 5.41) is 10.3. The van der Waals surface area contributed by atoms with E-state index in [-0.39, 0.29) is 0 Å². The molecule has 0 aliphatic rings. The molecule has 1 rings (SSSR count). The van der Waals surface area contributed by atoms with Crippen LogP contribution in [0.25, 0.3) is 0 Å². The molecule has 138 valence electrons. The molecule has 1 atom stereocenters. The van der Waals surface area contributed by atoms with E-state index in [4.69, 9.17) is 0 Å². The molecule has 2 nitrogen and oxygen atoms in total. The lowest BCUT2D eigenvalue weighted by Crippen LogP contribution is -2.19. The lowest BCUT2D eigenvalue weighted by atomic mass is 10.0. The summed E-state index contributed by atoms with van der Waals surface area (Å²) in [6.45, 7) is 10.1.